The van der Waals surface area contributed by atoms with Crippen LogP contribution in [0.2, 0.25) is 0 Å². The maximum atomic E-state index is 12.2. The van der Waals surface area contributed by atoms with Crippen LogP contribution in [0.4, 0.5) is 0 Å². The average Bonchev–Trinajstić information content (AvgIpc) is 3.18. The summed E-state index contributed by atoms with van der Waals surface area (Å²) in [7, 11) is 0. The van der Waals surface area contributed by atoms with Crippen molar-refractivity contribution in [1.29, 1.82) is 0 Å². The number of allylic oxidation sites excluding steroid dienone is 1. The molecule has 0 unspecified atom stereocenters. The molecule has 0 radical (unpaired) electrons. The molecule has 0 aromatic carbocycles. The maximum Gasteiger partial charge on any atom is 0.332 e. The quantitative estimate of drug-likeness (QED) is 0.210. The summed E-state index contributed by atoms with van der Waals surface area (Å²) in [4.78, 5) is 23.7. The summed E-state index contributed by atoms with van der Waals surface area (Å²) < 4.78 is 17.1. The Bertz CT molecular complexity index is 959. The first-order chi connectivity index (χ1) is 18.5. The summed E-state index contributed by atoms with van der Waals surface area (Å²) in [5.41, 5.74) is 1.48. The second-order valence-corrected chi connectivity index (χ2v) is 16.0. The molecule has 4 rings (SSSR count). The van der Waals surface area contributed by atoms with E-state index in [1.807, 2.05) is 34.6 Å². The van der Waals surface area contributed by atoms with Crippen molar-refractivity contribution in [2.45, 2.75) is 150 Å². The minimum atomic E-state index is -0.471. The van der Waals surface area contributed by atoms with Gasteiger partial charge in [0, 0.05) is 6.92 Å². The molecule has 40 heavy (non-hydrogen) atoms. The molecule has 4 aliphatic rings. The lowest BCUT2D eigenvalue weighted by atomic mass is 9.47. The molecule has 0 saturated heterocycles. The number of fused-ring (bicyclic) bond motifs is 5. The minimum Gasteiger partial charge on any atom is -0.460 e. The van der Waals surface area contributed by atoms with E-state index in [4.69, 9.17) is 14.2 Å². The maximum absolute atomic E-state index is 12.2. The van der Waals surface area contributed by atoms with Gasteiger partial charge in [-0.15, -0.1) is 0 Å². The first kappa shape index (κ1) is 31.6. The molecule has 0 heterocycles. The molecule has 3 fully saturated rings. The van der Waals surface area contributed by atoms with Crippen molar-refractivity contribution in [3.05, 3.63) is 11.6 Å². The van der Waals surface area contributed by atoms with Gasteiger partial charge in [0.05, 0.1) is 6.10 Å². The number of hydrogen-bond donors (Lipinski definition) is 0. The third-order valence-electron chi connectivity index (χ3n) is 11.5. The molecule has 5 heteroatoms. The Morgan fingerprint density at radius 3 is 2.40 bits per heavy atom. The third-order valence-corrected chi connectivity index (χ3v) is 11.5. The van der Waals surface area contributed by atoms with Crippen LogP contribution in [0.15, 0.2) is 11.6 Å². The second-order valence-electron chi connectivity index (χ2n) is 16.0. The largest absolute Gasteiger partial charge is 0.460 e. The molecule has 0 aromatic heterocycles. The average molecular weight is 559 g/mol. The molecule has 0 N–H and O–H groups in total. The highest BCUT2D eigenvalue weighted by molar-refractivity contribution is 5.71. The summed E-state index contributed by atoms with van der Waals surface area (Å²) in [6.45, 7) is 19.0. The van der Waals surface area contributed by atoms with E-state index in [-0.39, 0.29) is 35.7 Å². The van der Waals surface area contributed by atoms with Gasteiger partial charge in [-0.2, -0.15) is 0 Å². The van der Waals surface area contributed by atoms with Gasteiger partial charge >= 0.3 is 11.9 Å². The van der Waals surface area contributed by atoms with Gasteiger partial charge in [-0.1, -0.05) is 38.8 Å². The molecule has 0 aliphatic heterocycles. The molecule has 0 amide bonds. The normalized spacial score (nSPS) is 36.5. The monoisotopic (exact) mass is 558 g/mol. The van der Waals surface area contributed by atoms with Crippen LogP contribution in [0, 0.1) is 40.4 Å². The van der Waals surface area contributed by atoms with E-state index in [1.165, 1.54) is 51.9 Å². The number of rotatable bonds is 9. The van der Waals surface area contributed by atoms with Gasteiger partial charge in [0.25, 0.3) is 0 Å². The molecule has 0 bridgehead atoms. The van der Waals surface area contributed by atoms with Crippen molar-refractivity contribution in [3.63, 3.8) is 0 Å². The van der Waals surface area contributed by atoms with Crippen LogP contribution in [0.1, 0.15) is 133 Å². The smallest absolute Gasteiger partial charge is 0.332 e. The van der Waals surface area contributed by atoms with Crippen LogP contribution in [0.25, 0.3) is 0 Å². The lowest BCUT2D eigenvalue weighted by Crippen LogP contribution is -2.51. The predicted octanol–water partition coefficient (Wildman–Crippen LogP) is 8.44. The van der Waals surface area contributed by atoms with Crippen molar-refractivity contribution in [2.24, 2.45) is 40.4 Å². The number of carbonyl (C=O) groups is 2. The fourth-order valence-corrected chi connectivity index (χ4v) is 9.79. The van der Waals surface area contributed by atoms with Crippen molar-refractivity contribution in [2.75, 3.05) is 6.61 Å². The minimum absolute atomic E-state index is 0.0548. The summed E-state index contributed by atoms with van der Waals surface area (Å²) in [6.07, 6.45) is 15.8. The molecular weight excluding hydrogens is 500 g/mol. The van der Waals surface area contributed by atoms with Gasteiger partial charge in [-0.05, 0) is 139 Å². The standard InChI is InChI=1S/C35H58O5/c1-23(11-10-18-33(6,7)39-24(2)36)28-14-15-29-27-13-12-25-21-26(38-22-31(37)40-32(3,4)5)16-19-34(25,8)30(27)17-20-35(28,29)9/h12,23,26-30H,10-11,13-22H2,1-9H3/t23-,26+,27+,28-,29+,30+,34+,35-/m1/s1. The van der Waals surface area contributed by atoms with Crippen molar-refractivity contribution < 1.29 is 23.8 Å². The molecule has 0 spiro atoms. The molecule has 3 saturated carbocycles. The van der Waals surface area contributed by atoms with Gasteiger partial charge in [0.2, 0.25) is 0 Å². The highest BCUT2D eigenvalue weighted by atomic mass is 16.6. The molecule has 4 aliphatic carbocycles. The topological polar surface area (TPSA) is 61.8 Å². The highest BCUT2D eigenvalue weighted by Gasteiger charge is 2.59. The second kappa shape index (κ2) is 11.7. The predicted molar refractivity (Wildman–Crippen MR) is 160 cm³/mol. The highest BCUT2D eigenvalue weighted by Crippen LogP contribution is 2.67. The van der Waals surface area contributed by atoms with Crippen LogP contribution in [-0.2, 0) is 23.8 Å². The zero-order valence-corrected chi connectivity index (χ0v) is 27.1. The van der Waals surface area contributed by atoms with Crippen LogP contribution in [0.5, 0.6) is 0 Å². The van der Waals surface area contributed by atoms with E-state index in [1.54, 1.807) is 5.57 Å². The number of esters is 2. The lowest BCUT2D eigenvalue weighted by Gasteiger charge is -2.58. The van der Waals surface area contributed by atoms with Crippen LogP contribution in [-0.4, -0.2) is 35.9 Å². The van der Waals surface area contributed by atoms with E-state index < -0.39 is 5.60 Å². The van der Waals surface area contributed by atoms with E-state index in [0.29, 0.717) is 11.3 Å². The van der Waals surface area contributed by atoms with Gasteiger partial charge in [0.1, 0.15) is 17.8 Å². The molecule has 228 valence electrons. The van der Waals surface area contributed by atoms with Crippen molar-refractivity contribution in [1.82, 2.24) is 0 Å². The summed E-state index contributed by atoms with van der Waals surface area (Å²) in [5, 5.41) is 0. The molecule has 0 aromatic rings. The van der Waals surface area contributed by atoms with Gasteiger partial charge in [0.15, 0.2) is 0 Å². The zero-order valence-electron chi connectivity index (χ0n) is 27.1. The van der Waals surface area contributed by atoms with Crippen LogP contribution < -0.4 is 0 Å². The third kappa shape index (κ3) is 6.81. The Balaban J connectivity index is 1.35. The summed E-state index contributed by atoms with van der Waals surface area (Å²) in [6, 6.07) is 0. The Hall–Kier alpha value is -1.36. The van der Waals surface area contributed by atoms with E-state index in [0.717, 1.165) is 49.4 Å². The lowest BCUT2D eigenvalue weighted by molar-refractivity contribution is -0.163. The number of carbonyl (C=O) groups excluding carboxylic acids is 2. The van der Waals surface area contributed by atoms with Crippen LogP contribution in [0.3, 0.4) is 0 Å². The van der Waals surface area contributed by atoms with E-state index in [9.17, 15) is 9.59 Å². The molecular formula is C35H58O5. The Kier molecular flexibility index (Phi) is 9.26. The Morgan fingerprint density at radius 1 is 1.00 bits per heavy atom. The Morgan fingerprint density at radius 2 is 1.73 bits per heavy atom. The van der Waals surface area contributed by atoms with Gasteiger partial charge in [-0.3, -0.25) is 4.79 Å². The van der Waals surface area contributed by atoms with E-state index >= 15 is 0 Å². The van der Waals surface area contributed by atoms with Crippen molar-refractivity contribution in [3.8, 4) is 0 Å². The zero-order chi connectivity index (χ0) is 29.5. The fraction of sp³-hybridized carbons (Fsp3) is 0.886. The van der Waals surface area contributed by atoms with Crippen LogP contribution >= 0.6 is 0 Å². The summed E-state index contributed by atoms with van der Waals surface area (Å²) in [5.74, 6) is 3.46. The Labute approximate surface area is 244 Å². The van der Waals surface area contributed by atoms with Gasteiger partial charge in [-0.25, -0.2) is 4.79 Å². The van der Waals surface area contributed by atoms with Crippen molar-refractivity contribution >= 4 is 11.9 Å². The molecule has 8 atom stereocenters. The fourth-order valence-electron chi connectivity index (χ4n) is 9.79. The van der Waals surface area contributed by atoms with Gasteiger partial charge < -0.3 is 14.2 Å². The SMILES string of the molecule is CC(=O)OC(C)(C)CCC[C@@H](C)[C@H]1CC[C@H]2[C@@H]3CC=C4C[C@@H](OCC(=O)OC(C)(C)C)CC[C@]4(C)[C@H]3CC[C@]12C. The number of hydrogen-bond acceptors (Lipinski definition) is 5. The van der Waals surface area contributed by atoms with E-state index in [2.05, 4.69) is 26.8 Å². The summed E-state index contributed by atoms with van der Waals surface area (Å²) >= 11 is 0. The molecule has 5 nitrogen and oxygen atoms in total. The first-order valence-electron chi connectivity index (χ1n) is 16.3. The number of ether oxygens (including phenoxy) is 3. The first-order valence-corrected chi connectivity index (χ1v) is 16.3.